The fraction of sp³-hybridized carbons (Fsp3) is 0.407. The second-order valence-electron chi connectivity index (χ2n) is 9.07. The number of morpholine rings is 1. The topological polar surface area (TPSA) is 67.6 Å². The van der Waals surface area contributed by atoms with Crippen LogP contribution in [0.4, 0.5) is 0 Å². The number of rotatable bonds is 7. The van der Waals surface area contributed by atoms with E-state index in [9.17, 15) is 4.79 Å². The van der Waals surface area contributed by atoms with Crippen LogP contribution < -0.4 is 5.32 Å². The first-order valence-electron chi connectivity index (χ1n) is 11.7. The van der Waals surface area contributed by atoms with Gasteiger partial charge >= 0.3 is 0 Å². The Balaban J connectivity index is 1.47. The van der Waals surface area contributed by atoms with E-state index in [1.165, 1.54) is 22.3 Å². The number of carbonyl (C=O) groups is 1. The average molecular weight is 448 g/mol. The predicted molar refractivity (Wildman–Crippen MR) is 129 cm³/mol. The van der Waals surface area contributed by atoms with Crippen LogP contribution >= 0.6 is 0 Å². The molecule has 3 aromatic rings. The molecular formula is C27H33N3O3. The zero-order chi connectivity index (χ0) is 23.4. The molecular weight excluding hydrogens is 414 g/mol. The first-order chi connectivity index (χ1) is 15.9. The number of ether oxygens (including phenoxy) is 1. The van der Waals surface area contributed by atoms with Crippen LogP contribution in [0.25, 0.3) is 11.3 Å². The van der Waals surface area contributed by atoms with Gasteiger partial charge in [0.1, 0.15) is 0 Å². The van der Waals surface area contributed by atoms with E-state index in [4.69, 9.17) is 9.26 Å². The summed E-state index contributed by atoms with van der Waals surface area (Å²) in [5, 5.41) is 7.09. The van der Waals surface area contributed by atoms with Crippen LogP contribution in [0.15, 0.2) is 53.1 Å². The van der Waals surface area contributed by atoms with E-state index in [2.05, 4.69) is 67.3 Å². The van der Waals surface area contributed by atoms with Crippen molar-refractivity contribution < 1.29 is 14.1 Å². The average Bonchev–Trinajstić information content (AvgIpc) is 3.32. The zero-order valence-corrected chi connectivity index (χ0v) is 19.9. The summed E-state index contributed by atoms with van der Waals surface area (Å²) in [5.41, 5.74) is 6.10. The van der Waals surface area contributed by atoms with E-state index < -0.39 is 0 Å². The first kappa shape index (κ1) is 23.2. The molecule has 4 rings (SSSR count). The van der Waals surface area contributed by atoms with E-state index in [1.54, 1.807) is 6.07 Å². The van der Waals surface area contributed by atoms with Gasteiger partial charge in [0.2, 0.25) is 0 Å². The summed E-state index contributed by atoms with van der Waals surface area (Å²) in [6, 6.07) is 16.6. The molecule has 1 aromatic heterocycles. The largest absolute Gasteiger partial charge is 0.379 e. The van der Waals surface area contributed by atoms with E-state index in [-0.39, 0.29) is 11.9 Å². The van der Waals surface area contributed by atoms with Crippen molar-refractivity contribution >= 4 is 5.91 Å². The summed E-state index contributed by atoms with van der Waals surface area (Å²) in [4.78, 5) is 15.3. The van der Waals surface area contributed by atoms with E-state index in [0.717, 1.165) is 18.7 Å². The molecule has 1 saturated heterocycles. The minimum absolute atomic E-state index is 0.0742. The number of amides is 1. The summed E-state index contributed by atoms with van der Waals surface area (Å²) < 4.78 is 11.0. The molecule has 1 aliphatic heterocycles. The number of carbonyl (C=O) groups excluding carboxylic acids is 1. The van der Waals surface area contributed by atoms with E-state index >= 15 is 0 Å². The Hall–Kier alpha value is -2.96. The lowest BCUT2D eigenvalue weighted by Gasteiger charge is -2.35. The van der Waals surface area contributed by atoms with E-state index in [1.807, 2.05) is 18.2 Å². The molecule has 0 bridgehead atoms. The van der Waals surface area contributed by atoms with Crippen molar-refractivity contribution in [1.29, 1.82) is 0 Å². The number of nitrogens with zero attached hydrogens (tertiary/aromatic N) is 2. The summed E-state index contributed by atoms with van der Waals surface area (Å²) in [6.45, 7) is 12.1. The molecule has 1 amide bonds. The second kappa shape index (κ2) is 10.3. The number of hydrogen-bond donors (Lipinski definition) is 1. The maximum absolute atomic E-state index is 12.9. The summed E-state index contributed by atoms with van der Waals surface area (Å²) in [6.07, 6.45) is 0. The highest BCUT2D eigenvalue weighted by Gasteiger charge is 2.24. The Morgan fingerprint density at radius 3 is 2.36 bits per heavy atom. The van der Waals surface area contributed by atoms with Crippen molar-refractivity contribution in [2.75, 3.05) is 32.8 Å². The molecule has 0 unspecified atom stereocenters. The lowest BCUT2D eigenvalue weighted by molar-refractivity contribution is 0.0162. The van der Waals surface area contributed by atoms with Crippen LogP contribution in [-0.4, -0.2) is 48.8 Å². The molecule has 1 aliphatic rings. The normalized spacial score (nSPS) is 15.5. The molecule has 1 fully saturated rings. The van der Waals surface area contributed by atoms with E-state index in [0.29, 0.717) is 37.1 Å². The number of nitrogens with one attached hydrogen (secondary N) is 1. The zero-order valence-electron chi connectivity index (χ0n) is 19.9. The first-order valence-corrected chi connectivity index (χ1v) is 11.7. The standard InChI is InChI=1S/C27H33N3O3/c1-18(2)21-7-9-22(10-8-21)25(30-11-13-32-14-12-30)17-28-27(31)24-16-26(33-29-24)23-6-5-19(3)20(4)15-23/h5-10,15-16,18,25H,11-14,17H2,1-4H3,(H,28,31)/t25-/m0/s1. The molecule has 0 saturated carbocycles. The van der Waals surface area contributed by atoms with Crippen molar-refractivity contribution in [1.82, 2.24) is 15.4 Å². The van der Waals surface area contributed by atoms with Crippen LogP contribution in [0.1, 0.15) is 58.5 Å². The Kier molecular flexibility index (Phi) is 7.26. The highest BCUT2D eigenvalue weighted by molar-refractivity contribution is 5.93. The van der Waals surface area contributed by atoms with Gasteiger partial charge in [0, 0.05) is 31.3 Å². The Morgan fingerprint density at radius 2 is 1.70 bits per heavy atom. The van der Waals surface area contributed by atoms with Gasteiger partial charge in [-0.15, -0.1) is 0 Å². The van der Waals surface area contributed by atoms with Crippen molar-refractivity contribution in [3.63, 3.8) is 0 Å². The smallest absolute Gasteiger partial charge is 0.273 e. The maximum atomic E-state index is 12.9. The molecule has 6 heteroatoms. The van der Waals surface area contributed by atoms with Gasteiger partial charge in [-0.25, -0.2) is 0 Å². The molecule has 33 heavy (non-hydrogen) atoms. The van der Waals surface area contributed by atoms with Gasteiger partial charge in [-0.3, -0.25) is 9.69 Å². The lowest BCUT2D eigenvalue weighted by Crippen LogP contribution is -2.43. The van der Waals surface area contributed by atoms with Crippen LogP contribution in [0.5, 0.6) is 0 Å². The van der Waals surface area contributed by atoms with Gasteiger partial charge in [-0.05, 0) is 48.1 Å². The number of hydrogen-bond acceptors (Lipinski definition) is 5. The van der Waals surface area contributed by atoms with Crippen molar-refractivity contribution in [2.45, 2.75) is 39.7 Å². The minimum atomic E-state index is -0.231. The molecule has 1 atom stereocenters. The van der Waals surface area contributed by atoms with Gasteiger partial charge in [0.05, 0.1) is 19.3 Å². The van der Waals surface area contributed by atoms with Gasteiger partial charge in [-0.1, -0.05) is 55.4 Å². The highest BCUT2D eigenvalue weighted by atomic mass is 16.5. The predicted octanol–water partition coefficient (Wildman–Crippen LogP) is 4.89. The third-order valence-corrected chi connectivity index (χ3v) is 6.46. The van der Waals surface area contributed by atoms with Crippen molar-refractivity contribution in [3.05, 3.63) is 76.5 Å². The summed E-state index contributed by atoms with van der Waals surface area (Å²) in [5.74, 6) is 0.849. The molecule has 174 valence electrons. The molecule has 2 heterocycles. The minimum Gasteiger partial charge on any atom is -0.379 e. The SMILES string of the molecule is Cc1ccc(-c2cc(C(=O)NC[C@@H](c3ccc(C(C)C)cc3)N3CCOCC3)no2)cc1C. The molecule has 0 radical (unpaired) electrons. The summed E-state index contributed by atoms with van der Waals surface area (Å²) >= 11 is 0. The Labute approximate surface area is 195 Å². The molecule has 0 aliphatic carbocycles. The summed E-state index contributed by atoms with van der Waals surface area (Å²) in [7, 11) is 0. The lowest BCUT2D eigenvalue weighted by atomic mass is 9.98. The van der Waals surface area contributed by atoms with Crippen LogP contribution in [-0.2, 0) is 4.74 Å². The van der Waals surface area contributed by atoms with Crippen molar-refractivity contribution in [2.24, 2.45) is 0 Å². The van der Waals surface area contributed by atoms with Gasteiger partial charge in [0.25, 0.3) is 5.91 Å². The van der Waals surface area contributed by atoms with Gasteiger partial charge in [-0.2, -0.15) is 0 Å². The number of aromatic nitrogens is 1. The fourth-order valence-electron chi connectivity index (χ4n) is 4.14. The quantitative estimate of drug-likeness (QED) is 0.559. The molecule has 0 spiro atoms. The number of aryl methyl sites for hydroxylation is 2. The van der Waals surface area contributed by atoms with Crippen molar-refractivity contribution in [3.8, 4) is 11.3 Å². The number of benzene rings is 2. The van der Waals surface area contributed by atoms with Gasteiger partial charge in [0.15, 0.2) is 11.5 Å². The molecule has 2 aromatic carbocycles. The molecule has 6 nitrogen and oxygen atoms in total. The monoisotopic (exact) mass is 447 g/mol. The fourth-order valence-corrected chi connectivity index (χ4v) is 4.14. The van der Waals surface area contributed by atoms with Crippen LogP contribution in [0.2, 0.25) is 0 Å². The highest BCUT2D eigenvalue weighted by Crippen LogP contribution is 2.25. The second-order valence-corrected chi connectivity index (χ2v) is 9.07. The third-order valence-electron chi connectivity index (χ3n) is 6.46. The van der Waals surface area contributed by atoms with Crippen LogP contribution in [0.3, 0.4) is 0 Å². The third kappa shape index (κ3) is 5.52. The van der Waals surface area contributed by atoms with Crippen LogP contribution in [0, 0.1) is 13.8 Å². The Bertz CT molecular complexity index is 1080. The maximum Gasteiger partial charge on any atom is 0.273 e. The van der Waals surface area contributed by atoms with Gasteiger partial charge < -0.3 is 14.6 Å². The Morgan fingerprint density at radius 1 is 1.00 bits per heavy atom. The molecule has 1 N–H and O–H groups in total.